The van der Waals surface area contributed by atoms with E-state index in [1.165, 1.54) is 0 Å². The lowest BCUT2D eigenvalue weighted by atomic mass is 9.93. The number of aromatic nitrogens is 1. The van der Waals surface area contributed by atoms with E-state index in [-0.39, 0.29) is 17.7 Å². The summed E-state index contributed by atoms with van der Waals surface area (Å²) in [5.41, 5.74) is 1.54. The van der Waals surface area contributed by atoms with Crippen molar-refractivity contribution in [1.29, 1.82) is 0 Å². The number of pyridine rings is 1. The molecule has 160 valence electrons. The molecule has 0 aliphatic carbocycles. The molecule has 7 nitrogen and oxygen atoms in total. The highest BCUT2D eigenvalue weighted by Gasteiger charge is 2.33. The van der Waals surface area contributed by atoms with Crippen LogP contribution in [0.5, 0.6) is 0 Å². The molecule has 0 aromatic carbocycles. The number of nitrogens with one attached hydrogen (secondary N) is 1. The van der Waals surface area contributed by atoms with Gasteiger partial charge in [0.2, 0.25) is 5.91 Å². The first kappa shape index (κ1) is 20.6. The van der Waals surface area contributed by atoms with Crippen molar-refractivity contribution >= 4 is 11.8 Å². The molecule has 2 aromatic heterocycles. The van der Waals surface area contributed by atoms with Crippen molar-refractivity contribution in [1.82, 2.24) is 20.1 Å². The zero-order valence-electron chi connectivity index (χ0n) is 17.5. The molecule has 0 saturated carbocycles. The molecule has 0 radical (unpaired) electrons. The van der Waals surface area contributed by atoms with Gasteiger partial charge in [0.05, 0.1) is 30.0 Å². The molecule has 0 unspecified atom stereocenters. The van der Waals surface area contributed by atoms with E-state index in [1.807, 2.05) is 30.0 Å². The number of piperidine rings is 2. The Hall–Kier alpha value is -2.67. The Balaban J connectivity index is 1.26. The highest BCUT2D eigenvalue weighted by atomic mass is 16.3. The van der Waals surface area contributed by atoms with E-state index in [2.05, 4.69) is 15.2 Å². The van der Waals surface area contributed by atoms with Crippen molar-refractivity contribution in [2.75, 3.05) is 26.2 Å². The quantitative estimate of drug-likeness (QED) is 0.820. The highest BCUT2D eigenvalue weighted by Crippen LogP contribution is 2.25. The van der Waals surface area contributed by atoms with Gasteiger partial charge in [-0.25, -0.2) is 0 Å². The molecular formula is C23H30N4O3. The first-order valence-corrected chi connectivity index (χ1v) is 10.9. The lowest BCUT2D eigenvalue weighted by Gasteiger charge is -2.42. The molecule has 7 heteroatoms. The monoisotopic (exact) mass is 410 g/mol. The van der Waals surface area contributed by atoms with Crippen molar-refractivity contribution in [2.45, 2.75) is 45.2 Å². The lowest BCUT2D eigenvalue weighted by Crippen LogP contribution is -2.51. The summed E-state index contributed by atoms with van der Waals surface area (Å²) >= 11 is 0. The van der Waals surface area contributed by atoms with E-state index < -0.39 is 0 Å². The third-order valence-electron chi connectivity index (χ3n) is 6.35. The van der Waals surface area contributed by atoms with E-state index in [4.69, 9.17) is 4.42 Å². The number of amides is 2. The molecular weight excluding hydrogens is 380 g/mol. The number of aryl methyl sites for hydroxylation is 1. The van der Waals surface area contributed by atoms with Crippen LogP contribution in [0.2, 0.25) is 0 Å². The Bertz CT molecular complexity index is 858. The molecule has 4 heterocycles. The number of furan rings is 1. The summed E-state index contributed by atoms with van der Waals surface area (Å²) in [4.78, 5) is 34.0. The van der Waals surface area contributed by atoms with Gasteiger partial charge in [0.15, 0.2) is 0 Å². The van der Waals surface area contributed by atoms with Crippen molar-refractivity contribution in [2.24, 2.45) is 5.92 Å². The van der Waals surface area contributed by atoms with Crippen LogP contribution in [0.25, 0.3) is 0 Å². The van der Waals surface area contributed by atoms with Gasteiger partial charge in [-0.05, 0) is 57.4 Å². The van der Waals surface area contributed by atoms with Gasteiger partial charge in [-0.15, -0.1) is 0 Å². The molecule has 1 N–H and O–H groups in total. The number of carbonyl (C=O) groups is 2. The Morgan fingerprint density at radius 2 is 2.00 bits per heavy atom. The fraction of sp³-hybridized carbons (Fsp3) is 0.522. The Morgan fingerprint density at radius 3 is 2.70 bits per heavy atom. The van der Waals surface area contributed by atoms with Crippen LogP contribution in [0.3, 0.4) is 0 Å². The van der Waals surface area contributed by atoms with Crippen LogP contribution in [-0.4, -0.2) is 58.8 Å². The highest BCUT2D eigenvalue weighted by molar-refractivity contribution is 5.95. The minimum absolute atomic E-state index is 0.0238. The van der Waals surface area contributed by atoms with Gasteiger partial charge in [0.25, 0.3) is 5.91 Å². The van der Waals surface area contributed by atoms with Crippen LogP contribution < -0.4 is 5.32 Å². The Morgan fingerprint density at radius 1 is 1.17 bits per heavy atom. The lowest BCUT2D eigenvalue weighted by molar-refractivity contribution is -0.127. The fourth-order valence-corrected chi connectivity index (χ4v) is 4.59. The predicted octanol–water partition coefficient (Wildman–Crippen LogP) is 2.62. The maximum Gasteiger partial charge on any atom is 0.257 e. The van der Waals surface area contributed by atoms with Gasteiger partial charge in [0.1, 0.15) is 5.76 Å². The zero-order valence-corrected chi connectivity index (χ0v) is 17.5. The van der Waals surface area contributed by atoms with Crippen LogP contribution in [0.1, 0.15) is 47.5 Å². The maximum absolute atomic E-state index is 12.7. The number of nitrogens with zero attached hydrogens (tertiary/aromatic N) is 3. The molecule has 2 fully saturated rings. The molecule has 2 saturated heterocycles. The van der Waals surface area contributed by atoms with Crippen LogP contribution in [-0.2, 0) is 11.3 Å². The van der Waals surface area contributed by atoms with Crippen LogP contribution >= 0.6 is 0 Å². The van der Waals surface area contributed by atoms with Crippen LogP contribution in [0.15, 0.2) is 41.1 Å². The average molecular weight is 411 g/mol. The van der Waals surface area contributed by atoms with Crippen LogP contribution in [0.4, 0.5) is 0 Å². The number of rotatable bonds is 5. The maximum atomic E-state index is 12.7. The number of hydrogen-bond acceptors (Lipinski definition) is 5. The molecule has 0 bridgehead atoms. The summed E-state index contributed by atoms with van der Waals surface area (Å²) in [6.07, 6.45) is 7.18. The molecule has 2 aliphatic rings. The van der Waals surface area contributed by atoms with Gasteiger partial charge >= 0.3 is 0 Å². The predicted molar refractivity (Wildman–Crippen MR) is 113 cm³/mol. The van der Waals surface area contributed by atoms with E-state index in [0.717, 1.165) is 57.6 Å². The summed E-state index contributed by atoms with van der Waals surface area (Å²) < 4.78 is 5.28. The second-order valence-electron chi connectivity index (χ2n) is 8.29. The number of likely N-dealkylation sites (tertiary alicyclic amines) is 2. The molecule has 2 amide bonds. The average Bonchev–Trinajstić information content (AvgIpc) is 3.23. The summed E-state index contributed by atoms with van der Waals surface area (Å²) in [5.74, 6) is 0.881. The van der Waals surface area contributed by atoms with E-state index in [9.17, 15) is 9.59 Å². The third-order valence-corrected chi connectivity index (χ3v) is 6.35. The van der Waals surface area contributed by atoms with Gasteiger partial charge in [0, 0.05) is 31.9 Å². The SMILES string of the molecule is Cc1occc1C(=O)N1CCC(N2CCC[C@@H](C(=O)NCc3ccccn3)C2)CC1. The van der Waals surface area contributed by atoms with Crippen LogP contribution in [0, 0.1) is 12.8 Å². The largest absolute Gasteiger partial charge is 0.469 e. The second kappa shape index (κ2) is 9.43. The summed E-state index contributed by atoms with van der Waals surface area (Å²) in [7, 11) is 0. The molecule has 2 aromatic rings. The standard InChI is InChI=1S/C23H30N4O3/c1-17-21(9-14-30-17)23(29)26-12-7-20(8-13-26)27-11-4-5-18(16-27)22(28)25-15-19-6-2-3-10-24-19/h2-3,6,9-10,14,18,20H,4-5,7-8,11-13,15-16H2,1H3,(H,25,28)/t18-/m1/s1. The number of hydrogen-bond donors (Lipinski definition) is 1. The van der Waals surface area contributed by atoms with E-state index >= 15 is 0 Å². The first-order chi connectivity index (χ1) is 14.6. The molecule has 30 heavy (non-hydrogen) atoms. The van der Waals surface area contributed by atoms with Gasteiger partial charge in [-0.1, -0.05) is 6.07 Å². The van der Waals surface area contributed by atoms with Crippen molar-refractivity contribution < 1.29 is 14.0 Å². The van der Waals surface area contributed by atoms with Gasteiger partial charge in [-0.2, -0.15) is 0 Å². The van der Waals surface area contributed by atoms with Crippen molar-refractivity contribution in [3.63, 3.8) is 0 Å². The molecule has 0 spiro atoms. The number of carbonyl (C=O) groups excluding carboxylic acids is 2. The minimum atomic E-state index is 0.0238. The fourth-order valence-electron chi connectivity index (χ4n) is 4.59. The van der Waals surface area contributed by atoms with Gasteiger partial charge < -0.3 is 14.6 Å². The molecule has 2 aliphatic heterocycles. The summed E-state index contributed by atoms with van der Waals surface area (Å²) in [5, 5.41) is 3.05. The van der Waals surface area contributed by atoms with Crippen molar-refractivity contribution in [3.05, 3.63) is 53.7 Å². The normalized spacial score (nSPS) is 20.8. The van der Waals surface area contributed by atoms with E-state index in [0.29, 0.717) is 23.9 Å². The minimum Gasteiger partial charge on any atom is -0.469 e. The summed E-state index contributed by atoms with van der Waals surface area (Å²) in [6.45, 7) is 5.64. The smallest absolute Gasteiger partial charge is 0.257 e. The molecule has 1 atom stereocenters. The van der Waals surface area contributed by atoms with E-state index in [1.54, 1.807) is 18.5 Å². The summed E-state index contributed by atoms with van der Waals surface area (Å²) in [6, 6.07) is 7.92. The second-order valence-corrected chi connectivity index (χ2v) is 8.29. The zero-order chi connectivity index (χ0) is 20.9. The topological polar surface area (TPSA) is 78.7 Å². The van der Waals surface area contributed by atoms with Gasteiger partial charge in [-0.3, -0.25) is 19.5 Å². The Kier molecular flexibility index (Phi) is 6.47. The molecule has 4 rings (SSSR count). The Labute approximate surface area is 177 Å². The first-order valence-electron chi connectivity index (χ1n) is 10.9. The third kappa shape index (κ3) is 4.73. The van der Waals surface area contributed by atoms with Crippen molar-refractivity contribution in [3.8, 4) is 0 Å².